The number of nitrogens with one attached hydrogen (secondary N) is 1. The number of benzene rings is 1. The van der Waals surface area contributed by atoms with E-state index in [9.17, 15) is 4.79 Å². The Morgan fingerprint density at radius 1 is 1.35 bits per heavy atom. The van der Waals surface area contributed by atoms with Crippen LogP contribution in [0.4, 0.5) is 0 Å². The highest BCUT2D eigenvalue weighted by Gasteiger charge is 2.06. The first-order valence-electron chi connectivity index (χ1n) is 7.02. The molecule has 0 aromatic heterocycles. The number of methoxy groups -OCH3 is 1. The molecule has 1 aromatic rings. The number of carbonyl (C=O) groups excluding carboxylic acids is 1. The van der Waals surface area contributed by atoms with Crippen LogP contribution < -0.4 is 10.1 Å². The molecule has 0 spiro atoms. The van der Waals surface area contributed by atoms with Crippen LogP contribution in [0.25, 0.3) is 0 Å². The first kappa shape index (κ1) is 16.5. The van der Waals surface area contributed by atoms with Crippen LogP contribution in [0.15, 0.2) is 18.2 Å². The van der Waals surface area contributed by atoms with Crippen molar-refractivity contribution in [1.82, 2.24) is 5.32 Å². The van der Waals surface area contributed by atoms with E-state index in [1.165, 1.54) is 12.7 Å². The Kier molecular flexibility index (Phi) is 7.09. The lowest BCUT2D eigenvalue weighted by Crippen LogP contribution is -2.19. The van der Waals surface area contributed by atoms with Gasteiger partial charge in [-0.1, -0.05) is 31.5 Å². The third-order valence-corrected chi connectivity index (χ3v) is 2.88. The highest BCUT2D eigenvalue weighted by atomic mass is 16.5. The normalized spacial score (nSPS) is 10.7. The van der Waals surface area contributed by atoms with Gasteiger partial charge in [0.1, 0.15) is 5.75 Å². The largest absolute Gasteiger partial charge is 0.493 e. The van der Waals surface area contributed by atoms with Crippen molar-refractivity contribution >= 4 is 5.97 Å². The summed E-state index contributed by atoms with van der Waals surface area (Å²) in [4.78, 5) is 11.1. The summed E-state index contributed by atoms with van der Waals surface area (Å²) >= 11 is 0. The summed E-state index contributed by atoms with van der Waals surface area (Å²) in [6, 6.07) is 6.08. The standard InChI is InChI=1S/C16H25NO3/c1-12(2)10-17-11-14-9-13(3)5-6-15(14)20-8-7-16(18)19-4/h5-6,9,12,17H,7-8,10-11H2,1-4H3. The van der Waals surface area contributed by atoms with Gasteiger partial charge in [0, 0.05) is 12.1 Å². The van der Waals surface area contributed by atoms with Crippen molar-refractivity contribution in [1.29, 1.82) is 0 Å². The molecular formula is C16H25NO3. The minimum Gasteiger partial charge on any atom is -0.493 e. The van der Waals surface area contributed by atoms with Gasteiger partial charge < -0.3 is 14.8 Å². The van der Waals surface area contributed by atoms with Crippen LogP contribution in [0, 0.1) is 12.8 Å². The lowest BCUT2D eigenvalue weighted by molar-refractivity contribution is -0.141. The first-order valence-corrected chi connectivity index (χ1v) is 7.02. The van der Waals surface area contributed by atoms with E-state index >= 15 is 0 Å². The number of rotatable bonds is 8. The van der Waals surface area contributed by atoms with Crippen LogP contribution in [0.2, 0.25) is 0 Å². The molecule has 1 N–H and O–H groups in total. The molecule has 0 aliphatic rings. The highest BCUT2D eigenvalue weighted by Crippen LogP contribution is 2.20. The van der Waals surface area contributed by atoms with E-state index in [2.05, 4.69) is 36.9 Å². The Morgan fingerprint density at radius 3 is 2.75 bits per heavy atom. The minimum atomic E-state index is -0.253. The van der Waals surface area contributed by atoms with Crippen molar-refractivity contribution in [3.63, 3.8) is 0 Å². The fourth-order valence-electron chi connectivity index (χ4n) is 1.83. The number of carbonyl (C=O) groups is 1. The molecule has 1 rings (SSSR count). The van der Waals surface area contributed by atoms with E-state index < -0.39 is 0 Å². The Balaban J connectivity index is 2.57. The zero-order chi connectivity index (χ0) is 15.0. The monoisotopic (exact) mass is 279 g/mol. The Hall–Kier alpha value is -1.55. The zero-order valence-corrected chi connectivity index (χ0v) is 12.9. The molecule has 0 saturated carbocycles. The Labute approximate surface area is 121 Å². The van der Waals surface area contributed by atoms with E-state index in [1.54, 1.807) is 0 Å². The van der Waals surface area contributed by atoms with Crippen LogP contribution in [0.3, 0.4) is 0 Å². The molecule has 0 aliphatic carbocycles. The van der Waals surface area contributed by atoms with Gasteiger partial charge in [-0.3, -0.25) is 4.79 Å². The summed E-state index contributed by atoms with van der Waals surface area (Å²) < 4.78 is 10.3. The summed E-state index contributed by atoms with van der Waals surface area (Å²) in [6.45, 7) is 8.49. The average molecular weight is 279 g/mol. The van der Waals surface area contributed by atoms with Crippen LogP contribution in [0.1, 0.15) is 31.4 Å². The van der Waals surface area contributed by atoms with Crippen molar-refractivity contribution in [3.8, 4) is 5.75 Å². The number of ether oxygens (including phenoxy) is 2. The van der Waals surface area contributed by atoms with Crippen LogP contribution in [0.5, 0.6) is 5.75 Å². The first-order chi connectivity index (χ1) is 9.52. The maximum atomic E-state index is 11.1. The second-order valence-electron chi connectivity index (χ2n) is 5.31. The zero-order valence-electron chi connectivity index (χ0n) is 12.9. The summed E-state index contributed by atoms with van der Waals surface area (Å²) in [6.07, 6.45) is 0.267. The number of esters is 1. The van der Waals surface area contributed by atoms with Crippen LogP contribution in [-0.4, -0.2) is 26.2 Å². The lowest BCUT2D eigenvalue weighted by atomic mass is 10.1. The van der Waals surface area contributed by atoms with Gasteiger partial charge in [-0.05, 0) is 25.5 Å². The molecule has 4 nitrogen and oxygen atoms in total. The molecule has 0 radical (unpaired) electrons. The molecule has 0 saturated heterocycles. The predicted octanol–water partition coefficient (Wildman–Crippen LogP) is 2.68. The summed E-state index contributed by atoms with van der Waals surface area (Å²) in [5, 5.41) is 3.41. The van der Waals surface area contributed by atoms with E-state index in [-0.39, 0.29) is 12.4 Å². The molecule has 0 amide bonds. The molecule has 1 aromatic carbocycles. The van der Waals surface area contributed by atoms with E-state index in [1.807, 2.05) is 12.1 Å². The lowest BCUT2D eigenvalue weighted by Gasteiger charge is -2.13. The second kappa shape index (κ2) is 8.59. The van der Waals surface area contributed by atoms with Gasteiger partial charge in [0.2, 0.25) is 0 Å². The van der Waals surface area contributed by atoms with Crippen molar-refractivity contribution in [3.05, 3.63) is 29.3 Å². The molecule has 0 heterocycles. The molecule has 0 fully saturated rings. The van der Waals surface area contributed by atoms with Gasteiger partial charge in [-0.15, -0.1) is 0 Å². The molecule has 20 heavy (non-hydrogen) atoms. The summed E-state index contributed by atoms with van der Waals surface area (Å²) in [5.41, 5.74) is 2.32. The fourth-order valence-corrected chi connectivity index (χ4v) is 1.83. The van der Waals surface area contributed by atoms with Gasteiger partial charge in [-0.2, -0.15) is 0 Å². The minimum absolute atomic E-state index is 0.253. The average Bonchev–Trinajstić information content (AvgIpc) is 2.40. The number of hydrogen-bond donors (Lipinski definition) is 1. The van der Waals surface area contributed by atoms with Gasteiger partial charge in [0.25, 0.3) is 0 Å². The summed E-state index contributed by atoms with van der Waals surface area (Å²) in [5.74, 6) is 1.19. The maximum Gasteiger partial charge on any atom is 0.308 e. The van der Waals surface area contributed by atoms with E-state index in [0.29, 0.717) is 12.5 Å². The van der Waals surface area contributed by atoms with Gasteiger partial charge in [0.05, 0.1) is 20.1 Å². The van der Waals surface area contributed by atoms with Crippen molar-refractivity contribution < 1.29 is 14.3 Å². The van der Waals surface area contributed by atoms with Crippen molar-refractivity contribution in [2.75, 3.05) is 20.3 Å². The highest BCUT2D eigenvalue weighted by molar-refractivity contribution is 5.69. The smallest absolute Gasteiger partial charge is 0.308 e. The van der Waals surface area contributed by atoms with Crippen molar-refractivity contribution in [2.24, 2.45) is 5.92 Å². The molecule has 0 bridgehead atoms. The van der Waals surface area contributed by atoms with Gasteiger partial charge in [0.15, 0.2) is 0 Å². The molecule has 0 unspecified atom stereocenters. The summed E-state index contributed by atoms with van der Waals surface area (Å²) in [7, 11) is 1.38. The fraction of sp³-hybridized carbons (Fsp3) is 0.562. The van der Waals surface area contributed by atoms with E-state index in [0.717, 1.165) is 24.4 Å². The third-order valence-electron chi connectivity index (χ3n) is 2.88. The van der Waals surface area contributed by atoms with Gasteiger partial charge >= 0.3 is 5.97 Å². The molecule has 0 atom stereocenters. The van der Waals surface area contributed by atoms with Crippen LogP contribution in [-0.2, 0) is 16.1 Å². The number of hydrogen-bond acceptors (Lipinski definition) is 4. The van der Waals surface area contributed by atoms with Crippen molar-refractivity contribution in [2.45, 2.75) is 33.7 Å². The third kappa shape index (κ3) is 6.06. The Morgan fingerprint density at radius 2 is 2.10 bits per heavy atom. The van der Waals surface area contributed by atoms with Crippen LogP contribution >= 0.6 is 0 Å². The molecule has 0 aliphatic heterocycles. The van der Waals surface area contributed by atoms with Gasteiger partial charge in [-0.25, -0.2) is 0 Å². The second-order valence-corrected chi connectivity index (χ2v) is 5.31. The SMILES string of the molecule is COC(=O)CCOc1ccc(C)cc1CNCC(C)C. The molecule has 4 heteroatoms. The predicted molar refractivity (Wildman–Crippen MR) is 79.9 cm³/mol. The topological polar surface area (TPSA) is 47.6 Å². The molecule has 112 valence electrons. The quantitative estimate of drug-likeness (QED) is 0.743. The van der Waals surface area contributed by atoms with E-state index in [4.69, 9.17) is 4.74 Å². The number of aryl methyl sites for hydroxylation is 1. The maximum absolute atomic E-state index is 11.1. The molecular weight excluding hydrogens is 254 g/mol. The Bertz CT molecular complexity index is 430.